The number of methoxy groups -OCH3 is 1. The summed E-state index contributed by atoms with van der Waals surface area (Å²) < 4.78 is 5.75. The summed E-state index contributed by atoms with van der Waals surface area (Å²) >= 11 is 0. The number of hydrogen-bond acceptors (Lipinski definition) is 2. The predicted octanol–water partition coefficient (Wildman–Crippen LogP) is 3.24. The molecular formula is C17H19NO. The minimum Gasteiger partial charge on any atom is -0.365 e. The Morgan fingerprint density at radius 3 is 2.42 bits per heavy atom. The van der Waals surface area contributed by atoms with Crippen LogP contribution in [-0.4, -0.2) is 25.3 Å². The van der Waals surface area contributed by atoms with Gasteiger partial charge in [0.15, 0.2) is 0 Å². The highest BCUT2D eigenvalue weighted by Crippen LogP contribution is 2.37. The zero-order chi connectivity index (χ0) is 13.2. The van der Waals surface area contributed by atoms with Crippen molar-refractivity contribution in [1.82, 2.24) is 4.90 Å². The van der Waals surface area contributed by atoms with Gasteiger partial charge in [-0.05, 0) is 23.7 Å². The summed E-state index contributed by atoms with van der Waals surface area (Å²) in [4.78, 5) is 2.28. The molecule has 0 saturated heterocycles. The molecule has 0 radical (unpaired) electrons. The smallest absolute Gasteiger partial charge is 0.121 e. The summed E-state index contributed by atoms with van der Waals surface area (Å²) in [6.07, 6.45) is 0.0947. The molecule has 0 saturated carbocycles. The predicted molar refractivity (Wildman–Crippen MR) is 77.0 cm³/mol. The van der Waals surface area contributed by atoms with Gasteiger partial charge in [0.2, 0.25) is 0 Å². The maximum absolute atomic E-state index is 5.75. The summed E-state index contributed by atoms with van der Waals surface area (Å²) in [5.41, 5.74) is 4.10. The number of nitrogens with zero attached hydrogens (tertiary/aromatic N) is 1. The Hall–Kier alpha value is -1.64. The molecule has 0 fully saturated rings. The van der Waals surface area contributed by atoms with Crippen molar-refractivity contribution in [2.45, 2.75) is 18.7 Å². The van der Waals surface area contributed by atoms with Gasteiger partial charge in [-0.25, -0.2) is 0 Å². The van der Waals surface area contributed by atoms with E-state index in [1.165, 1.54) is 16.7 Å². The first kappa shape index (κ1) is 12.4. The number of benzene rings is 2. The Bertz CT molecular complexity index is 552. The number of hydrogen-bond donors (Lipinski definition) is 0. The van der Waals surface area contributed by atoms with Crippen LogP contribution >= 0.6 is 0 Å². The summed E-state index contributed by atoms with van der Waals surface area (Å²) in [6.45, 7) is 0.942. The molecule has 0 spiro atoms. The average Bonchev–Trinajstić information content (AvgIpc) is 2.46. The van der Waals surface area contributed by atoms with Crippen LogP contribution < -0.4 is 0 Å². The molecule has 2 nitrogen and oxygen atoms in total. The van der Waals surface area contributed by atoms with Gasteiger partial charge in [0.1, 0.15) is 6.23 Å². The fourth-order valence-corrected chi connectivity index (χ4v) is 3.07. The van der Waals surface area contributed by atoms with E-state index >= 15 is 0 Å². The van der Waals surface area contributed by atoms with E-state index < -0.39 is 0 Å². The Labute approximate surface area is 114 Å². The molecule has 1 heterocycles. The van der Waals surface area contributed by atoms with Crippen molar-refractivity contribution in [3.8, 4) is 0 Å². The van der Waals surface area contributed by atoms with Gasteiger partial charge >= 0.3 is 0 Å². The van der Waals surface area contributed by atoms with E-state index in [1.807, 2.05) is 0 Å². The third-order valence-corrected chi connectivity index (χ3v) is 3.93. The van der Waals surface area contributed by atoms with Crippen molar-refractivity contribution in [3.05, 3.63) is 71.3 Å². The van der Waals surface area contributed by atoms with Gasteiger partial charge in [-0.15, -0.1) is 0 Å². The van der Waals surface area contributed by atoms with Crippen LogP contribution in [0.1, 0.15) is 22.6 Å². The molecule has 19 heavy (non-hydrogen) atoms. The molecule has 2 atom stereocenters. The summed E-state index contributed by atoms with van der Waals surface area (Å²) in [6, 6.07) is 19.3. The number of likely N-dealkylation sites (N-methyl/N-ethyl adjacent to an activating group) is 1. The fourth-order valence-electron chi connectivity index (χ4n) is 3.07. The zero-order valence-electron chi connectivity index (χ0n) is 11.4. The van der Waals surface area contributed by atoms with Crippen LogP contribution in [0.4, 0.5) is 0 Å². The van der Waals surface area contributed by atoms with Crippen LogP contribution in [0.25, 0.3) is 0 Å². The molecule has 0 amide bonds. The minimum atomic E-state index is 0.0947. The minimum absolute atomic E-state index is 0.0947. The van der Waals surface area contributed by atoms with Gasteiger partial charge in [-0.2, -0.15) is 0 Å². The molecule has 0 aliphatic carbocycles. The molecule has 0 N–H and O–H groups in total. The second-order valence-corrected chi connectivity index (χ2v) is 5.13. The molecule has 0 bridgehead atoms. The van der Waals surface area contributed by atoms with Crippen LogP contribution in [0.15, 0.2) is 54.6 Å². The highest BCUT2D eigenvalue weighted by atomic mass is 16.5. The number of ether oxygens (including phenoxy) is 1. The highest BCUT2D eigenvalue weighted by molar-refractivity contribution is 5.40. The summed E-state index contributed by atoms with van der Waals surface area (Å²) in [7, 11) is 3.92. The second-order valence-electron chi connectivity index (χ2n) is 5.13. The van der Waals surface area contributed by atoms with E-state index in [2.05, 4.69) is 66.5 Å². The van der Waals surface area contributed by atoms with E-state index in [0.29, 0.717) is 0 Å². The molecule has 1 aliphatic heterocycles. The van der Waals surface area contributed by atoms with Gasteiger partial charge in [0.25, 0.3) is 0 Å². The lowest BCUT2D eigenvalue weighted by molar-refractivity contribution is -0.0408. The van der Waals surface area contributed by atoms with Crippen molar-refractivity contribution >= 4 is 0 Å². The van der Waals surface area contributed by atoms with E-state index in [0.717, 1.165) is 6.54 Å². The number of rotatable bonds is 2. The maximum Gasteiger partial charge on any atom is 0.121 e. The maximum atomic E-state index is 5.75. The molecule has 1 aliphatic rings. The van der Waals surface area contributed by atoms with Gasteiger partial charge < -0.3 is 4.74 Å². The van der Waals surface area contributed by atoms with Crippen LogP contribution in [-0.2, 0) is 11.3 Å². The molecule has 2 unspecified atom stereocenters. The lowest BCUT2D eigenvalue weighted by Crippen LogP contribution is -2.42. The van der Waals surface area contributed by atoms with Crippen LogP contribution in [0.2, 0.25) is 0 Å². The Morgan fingerprint density at radius 1 is 1.00 bits per heavy atom. The molecule has 2 aromatic carbocycles. The first-order valence-electron chi connectivity index (χ1n) is 6.67. The molecule has 2 aromatic rings. The SMILES string of the molecule is COC1C(c2ccccc2)c2ccccc2CN1C. The normalized spacial score (nSPS) is 23.1. The van der Waals surface area contributed by atoms with E-state index in [1.54, 1.807) is 7.11 Å². The van der Waals surface area contributed by atoms with E-state index in [4.69, 9.17) is 4.74 Å². The van der Waals surface area contributed by atoms with Crippen LogP contribution in [0, 0.1) is 0 Å². The van der Waals surface area contributed by atoms with Crippen molar-refractivity contribution in [2.24, 2.45) is 0 Å². The topological polar surface area (TPSA) is 12.5 Å². The fraction of sp³-hybridized carbons (Fsp3) is 0.294. The Balaban J connectivity index is 2.13. The summed E-state index contributed by atoms with van der Waals surface area (Å²) in [5, 5.41) is 0. The number of fused-ring (bicyclic) bond motifs is 1. The van der Waals surface area contributed by atoms with Crippen molar-refractivity contribution in [3.63, 3.8) is 0 Å². The van der Waals surface area contributed by atoms with Gasteiger partial charge in [0, 0.05) is 19.6 Å². The Kier molecular flexibility index (Phi) is 3.36. The molecule has 0 aromatic heterocycles. The van der Waals surface area contributed by atoms with Crippen LogP contribution in [0.5, 0.6) is 0 Å². The van der Waals surface area contributed by atoms with Crippen molar-refractivity contribution < 1.29 is 4.74 Å². The average molecular weight is 253 g/mol. The lowest BCUT2D eigenvalue weighted by atomic mass is 9.83. The van der Waals surface area contributed by atoms with Crippen molar-refractivity contribution in [1.29, 1.82) is 0 Å². The standard InChI is InChI=1S/C17H19NO/c1-18-12-14-10-6-7-11-15(14)16(17(18)19-2)13-8-4-3-5-9-13/h3-11,16-17H,12H2,1-2H3. The molecule has 98 valence electrons. The monoisotopic (exact) mass is 253 g/mol. The van der Waals surface area contributed by atoms with E-state index in [-0.39, 0.29) is 12.1 Å². The molecule has 3 rings (SSSR count). The zero-order valence-corrected chi connectivity index (χ0v) is 11.4. The third-order valence-electron chi connectivity index (χ3n) is 3.93. The Morgan fingerprint density at radius 2 is 1.68 bits per heavy atom. The van der Waals surface area contributed by atoms with Gasteiger partial charge in [-0.1, -0.05) is 54.6 Å². The van der Waals surface area contributed by atoms with Crippen molar-refractivity contribution in [2.75, 3.05) is 14.2 Å². The second kappa shape index (κ2) is 5.16. The summed E-state index contributed by atoms with van der Waals surface area (Å²) in [5.74, 6) is 0.279. The quantitative estimate of drug-likeness (QED) is 0.814. The largest absolute Gasteiger partial charge is 0.365 e. The van der Waals surface area contributed by atoms with Gasteiger partial charge in [0.05, 0.1) is 0 Å². The first-order valence-corrected chi connectivity index (χ1v) is 6.67. The lowest BCUT2D eigenvalue weighted by Gasteiger charge is -2.39. The van der Waals surface area contributed by atoms with Gasteiger partial charge in [-0.3, -0.25) is 4.90 Å². The van der Waals surface area contributed by atoms with E-state index in [9.17, 15) is 0 Å². The first-order chi connectivity index (χ1) is 9.31. The molecular weight excluding hydrogens is 234 g/mol. The van der Waals surface area contributed by atoms with Crippen LogP contribution in [0.3, 0.4) is 0 Å². The third kappa shape index (κ3) is 2.18. The molecule has 2 heteroatoms. The highest BCUT2D eigenvalue weighted by Gasteiger charge is 2.33.